The van der Waals surface area contributed by atoms with Crippen LogP contribution in [0.4, 0.5) is 5.69 Å². The van der Waals surface area contributed by atoms with Crippen molar-refractivity contribution in [2.75, 3.05) is 18.8 Å². The third-order valence-electron chi connectivity index (χ3n) is 4.21. The van der Waals surface area contributed by atoms with Gasteiger partial charge in [-0.2, -0.15) is 0 Å². The molecule has 0 saturated heterocycles. The Kier molecular flexibility index (Phi) is 3.08. The van der Waals surface area contributed by atoms with Crippen molar-refractivity contribution in [1.82, 2.24) is 9.88 Å². The number of amides is 1. The normalized spacial score (nSPS) is 15.0. The molecule has 4 heteroatoms. The Hall–Kier alpha value is -2.10. The van der Waals surface area contributed by atoms with E-state index in [0.29, 0.717) is 0 Å². The number of para-hydroxylation sites is 1. The summed E-state index contributed by atoms with van der Waals surface area (Å²) in [6.07, 6.45) is 1.68. The van der Waals surface area contributed by atoms with E-state index in [4.69, 9.17) is 10.7 Å². The van der Waals surface area contributed by atoms with Crippen molar-refractivity contribution in [3.8, 4) is 0 Å². The van der Waals surface area contributed by atoms with Gasteiger partial charge in [0.05, 0.1) is 11.2 Å². The van der Waals surface area contributed by atoms with Crippen LogP contribution in [-0.2, 0) is 17.6 Å². The van der Waals surface area contributed by atoms with E-state index in [0.717, 1.165) is 48.2 Å². The van der Waals surface area contributed by atoms with Gasteiger partial charge in [0.2, 0.25) is 5.91 Å². The lowest BCUT2D eigenvalue weighted by Gasteiger charge is -2.17. The number of carbonyl (C=O) groups is 1. The van der Waals surface area contributed by atoms with Crippen LogP contribution < -0.4 is 5.73 Å². The maximum atomic E-state index is 11.6. The predicted octanol–water partition coefficient (Wildman–Crippen LogP) is 2.07. The summed E-state index contributed by atoms with van der Waals surface area (Å²) in [5.41, 5.74) is 11.3. The third-order valence-corrected chi connectivity index (χ3v) is 4.21. The van der Waals surface area contributed by atoms with E-state index in [2.05, 4.69) is 13.0 Å². The Labute approximate surface area is 118 Å². The van der Waals surface area contributed by atoms with Crippen molar-refractivity contribution in [2.45, 2.75) is 26.7 Å². The number of anilines is 1. The number of aromatic nitrogens is 1. The molecule has 2 heterocycles. The van der Waals surface area contributed by atoms with Crippen molar-refractivity contribution in [3.05, 3.63) is 35.0 Å². The minimum atomic E-state index is 0.138. The smallest absolute Gasteiger partial charge is 0.219 e. The minimum absolute atomic E-state index is 0.138. The lowest BCUT2D eigenvalue weighted by molar-refractivity contribution is -0.128. The molecule has 1 aliphatic heterocycles. The highest BCUT2D eigenvalue weighted by atomic mass is 16.2. The number of nitrogen functional groups attached to an aromatic ring is 1. The van der Waals surface area contributed by atoms with E-state index >= 15 is 0 Å². The van der Waals surface area contributed by atoms with E-state index in [-0.39, 0.29) is 5.91 Å². The van der Waals surface area contributed by atoms with E-state index < -0.39 is 0 Å². The molecule has 0 saturated carbocycles. The quantitative estimate of drug-likeness (QED) is 0.745. The van der Waals surface area contributed by atoms with Crippen molar-refractivity contribution >= 4 is 22.5 Å². The molecule has 2 N–H and O–H groups in total. The third kappa shape index (κ3) is 2.01. The van der Waals surface area contributed by atoms with Gasteiger partial charge in [-0.15, -0.1) is 0 Å². The Bertz CT molecular complexity index is 694. The van der Waals surface area contributed by atoms with Gasteiger partial charge in [-0.1, -0.05) is 12.1 Å². The van der Waals surface area contributed by atoms with Gasteiger partial charge in [-0.3, -0.25) is 9.78 Å². The average Bonchev–Trinajstić information content (AvgIpc) is 2.63. The summed E-state index contributed by atoms with van der Waals surface area (Å²) < 4.78 is 0. The lowest BCUT2D eigenvalue weighted by Crippen LogP contribution is -2.31. The SMILES string of the molecule is CC(=O)N1CCc2nc3c(N)cccc3c(C)c2CC1. The van der Waals surface area contributed by atoms with E-state index in [9.17, 15) is 4.79 Å². The van der Waals surface area contributed by atoms with Gasteiger partial charge in [0.25, 0.3) is 0 Å². The van der Waals surface area contributed by atoms with Crippen molar-refractivity contribution in [1.29, 1.82) is 0 Å². The molecule has 0 atom stereocenters. The van der Waals surface area contributed by atoms with Crippen molar-refractivity contribution < 1.29 is 4.79 Å². The van der Waals surface area contributed by atoms with Gasteiger partial charge in [0.1, 0.15) is 0 Å². The number of pyridine rings is 1. The van der Waals surface area contributed by atoms with Crippen molar-refractivity contribution in [2.24, 2.45) is 0 Å². The van der Waals surface area contributed by atoms with Crippen LogP contribution in [-0.4, -0.2) is 28.9 Å². The number of hydrogen-bond acceptors (Lipinski definition) is 3. The number of fused-ring (bicyclic) bond motifs is 2. The molecule has 2 aromatic rings. The number of benzene rings is 1. The molecule has 0 spiro atoms. The Morgan fingerprint density at radius 1 is 1.30 bits per heavy atom. The van der Waals surface area contributed by atoms with E-state index in [1.54, 1.807) is 6.92 Å². The van der Waals surface area contributed by atoms with Crippen LogP contribution >= 0.6 is 0 Å². The molecule has 1 amide bonds. The van der Waals surface area contributed by atoms with Crippen LogP contribution in [0, 0.1) is 6.92 Å². The first-order valence-electron chi connectivity index (χ1n) is 7.00. The molecule has 0 radical (unpaired) electrons. The van der Waals surface area contributed by atoms with Gasteiger partial charge in [0, 0.05) is 37.5 Å². The summed E-state index contributed by atoms with van der Waals surface area (Å²) in [6.45, 7) is 5.28. The largest absolute Gasteiger partial charge is 0.397 e. The fourth-order valence-electron chi connectivity index (χ4n) is 3.02. The van der Waals surface area contributed by atoms with Gasteiger partial charge >= 0.3 is 0 Å². The molecule has 0 fully saturated rings. The summed E-state index contributed by atoms with van der Waals surface area (Å²) in [5.74, 6) is 0.138. The van der Waals surface area contributed by atoms with E-state index in [1.807, 2.05) is 17.0 Å². The molecule has 4 nitrogen and oxygen atoms in total. The Morgan fingerprint density at radius 2 is 2.05 bits per heavy atom. The molecular formula is C16H19N3O. The zero-order valence-corrected chi connectivity index (χ0v) is 11.9. The van der Waals surface area contributed by atoms with Crippen LogP contribution in [0.15, 0.2) is 18.2 Å². The van der Waals surface area contributed by atoms with Gasteiger partial charge in [0.15, 0.2) is 0 Å². The number of nitrogens with zero attached hydrogens (tertiary/aromatic N) is 2. The number of hydrogen-bond donors (Lipinski definition) is 1. The second-order valence-corrected chi connectivity index (χ2v) is 5.41. The van der Waals surface area contributed by atoms with Gasteiger partial charge < -0.3 is 10.6 Å². The fraction of sp³-hybridized carbons (Fsp3) is 0.375. The molecule has 3 rings (SSSR count). The van der Waals surface area contributed by atoms with Crippen molar-refractivity contribution in [3.63, 3.8) is 0 Å². The highest BCUT2D eigenvalue weighted by Crippen LogP contribution is 2.28. The summed E-state index contributed by atoms with van der Waals surface area (Å²) in [7, 11) is 0. The summed E-state index contributed by atoms with van der Waals surface area (Å²) >= 11 is 0. The second-order valence-electron chi connectivity index (χ2n) is 5.41. The number of carbonyl (C=O) groups excluding carboxylic acids is 1. The predicted molar refractivity (Wildman–Crippen MR) is 80.6 cm³/mol. The summed E-state index contributed by atoms with van der Waals surface area (Å²) in [5, 5.41) is 1.13. The van der Waals surface area contributed by atoms with Crippen LogP contribution in [0.2, 0.25) is 0 Å². The first kappa shape index (κ1) is 12.9. The van der Waals surface area contributed by atoms with Crippen LogP contribution in [0.1, 0.15) is 23.7 Å². The first-order chi connectivity index (χ1) is 9.58. The maximum absolute atomic E-state index is 11.6. The lowest BCUT2D eigenvalue weighted by atomic mass is 9.98. The molecule has 1 aliphatic rings. The first-order valence-corrected chi connectivity index (χ1v) is 7.00. The monoisotopic (exact) mass is 269 g/mol. The molecule has 1 aromatic carbocycles. The highest BCUT2D eigenvalue weighted by molar-refractivity contribution is 5.92. The van der Waals surface area contributed by atoms with Crippen LogP contribution in [0.25, 0.3) is 10.9 Å². The maximum Gasteiger partial charge on any atom is 0.219 e. The highest BCUT2D eigenvalue weighted by Gasteiger charge is 2.20. The number of rotatable bonds is 0. The van der Waals surface area contributed by atoms with Gasteiger partial charge in [-0.05, 0) is 30.5 Å². The number of aryl methyl sites for hydroxylation is 1. The number of nitrogens with two attached hydrogens (primary N) is 1. The zero-order valence-electron chi connectivity index (χ0n) is 11.9. The van der Waals surface area contributed by atoms with E-state index in [1.165, 1.54) is 11.1 Å². The molecule has 20 heavy (non-hydrogen) atoms. The average molecular weight is 269 g/mol. The molecule has 0 aliphatic carbocycles. The molecule has 0 bridgehead atoms. The minimum Gasteiger partial charge on any atom is -0.397 e. The molecule has 104 valence electrons. The standard InChI is InChI=1S/C16H19N3O/c1-10-12-6-8-19(11(2)20)9-7-15(12)18-16-13(10)4-3-5-14(16)17/h3-5H,6-9,17H2,1-2H3. The molecule has 1 aromatic heterocycles. The Morgan fingerprint density at radius 3 is 2.80 bits per heavy atom. The van der Waals surface area contributed by atoms with Crippen LogP contribution in [0.3, 0.4) is 0 Å². The summed E-state index contributed by atoms with van der Waals surface area (Å²) in [4.78, 5) is 18.2. The Balaban J connectivity index is 2.13. The summed E-state index contributed by atoms with van der Waals surface area (Å²) in [6, 6.07) is 5.93. The topological polar surface area (TPSA) is 59.2 Å². The molecule has 0 unspecified atom stereocenters. The molecular weight excluding hydrogens is 250 g/mol. The second kappa shape index (κ2) is 4.78. The fourth-order valence-corrected chi connectivity index (χ4v) is 3.02. The van der Waals surface area contributed by atoms with Gasteiger partial charge in [-0.25, -0.2) is 0 Å². The zero-order chi connectivity index (χ0) is 14.3. The van der Waals surface area contributed by atoms with Crippen LogP contribution in [0.5, 0.6) is 0 Å².